The number of oxazole rings is 1. The number of carbonyl (C=O) groups excluding carboxylic acids is 1. The molecule has 31 heavy (non-hydrogen) atoms. The molecular formula is C21H19ClF3N3O3. The first kappa shape index (κ1) is 22.6. The molecule has 1 aliphatic rings. The maximum atomic E-state index is 13.4. The van der Waals surface area contributed by atoms with E-state index < -0.39 is 23.5 Å². The molecule has 0 bridgehead atoms. The van der Waals surface area contributed by atoms with Crippen LogP contribution in [0.2, 0.25) is 0 Å². The first-order chi connectivity index (χ1) is 14.4. The molecule has 0 saturated carbocycles. The van der Waals surface area contributed by atoms with Crippen molar-refractivity contribution in [3.63, 3.8) is 0 Å². The molecule has 10 heteroatoms. The Morgan fingerprint density at radius 3 is 2.45 bits per heavy atom. The lowest BCUT2D eigenvalue weighted by molar-refractivity contribution is -0.153. The second-order valence-corrected chi connectivity index (χ2v) is 6.77. The van der Waals surface area contributed by atoms with Gasteiger partial charge in [0, 0.05) is 17.8 Å². The van der Waals surface area contributed by atoms with E-state index in [0.717, 1.165) is 19.5 Å². The van der Waals surface area contributed by atoms with E-state index in [1.807, 2.05) is 0 Å². The van der Waals surface area contributed by atoms with Crippen LogP contribution in [0.15, 0.2) is 59.0 Å². The third kappa shape index (κ3) is 5.36. The summed E-state index contributed by atoms with van der Waals surface area (Å²) in [4.78, 5) is 16.3. The molecule has 1 fully saturated rings. The summed E-state index contributed by atoms with van der Waals surface area (Å²) in [5.41, 5.74) is -0.169. The topological polar surface area (TPSA) is 76.4 Å². The number of nitrogens with zero attached hydrogens (tertiary/aromatic N) is 1. The summed E-state index contributed by atoms with van der Waals surface area (Å²) in [6.07, 6.45) is -3.89. The zero-order chi connectivity index (χ0) is 21.1. The third-order valence-electron chi connectivity index (χ3n) is 4.55. The number of ether oxygens (including phenoxy) is 1. The van der Waals surface area contributed by atoms with Gasteiger partial charge in [-0.25, -0.2) is 4.98 Å². The number of benzene rings is 2. The largest absolute Gasteiger partial charge is 0.489 e. The fourth-order valence-electron chi connectivity index (χ4n) is 3.10. The Bertz CT molecular complexity index is 1020. The summed E-state index contributed by atoms with van der Waals surface area (Å²) in [7, 11) is 0. The van der Waals surface area contributed by atoms with Crippen LogP contribution in [0.1, 0.15) is 22.7 Å². The van der Waals surface area contributed by atoms with E-state index >= 15 is 0 Å². The highest BCUT2D eigenvalue weighted by Crippen LogP contribution is 2.35. The summed E-state index contributed by atoms with van der Waals surface area (Å²) in [6.45, 7) is 1.65. The fourth-order valence-corrected chi connectivity index (χ4v) is 3.10. The molecule has 0 spiro atoms. The van der Waals surface area contributed by atoms with Gasteiger partial charge in [-0.1, -0.05) is 18.2 Å². The maximum Gasteiger partial charge on any atom is 0.452 e. The molecule has 3 aromatic rings. The third-order valence-corrected chi connectivity index (χ3v) is 4.55. The lowest BCUT2D eigenvalue weighted by atomic mass is 10.2. The minimum Gasteiger partial charge on any atom is -0.489 e. The van der Waals surface area contributed by atoms with Crippen LogP contribution in [0.5, 0.6) is 5.75 Å². The molecule has 6 nitrogen and oxygen atoms in total. The Labute approximate surface area is 182 Å². The number of nitrogens with one attached hydrogen (secondary N) is 2. The van der Waals surface area contributed by atoms with Gasteiger partial charge < -0.3 is 19.8 Å². The van der Waals surface area contributed by atoms with E-state index in [1.54, 1.807) is 54.6 Å². The van der Waals surface area contributed by atoms with Crippen LogP contribution in [0.25, 0.3) is 11.5 Å². The highest BCUT2D eigenvalue weighted by Gasteiger charge is 2.42. The first-order valence-electron chi connectivity index (χ1n) is 9.32. The SMILES string of the molecule is Cl.O=C(Nc1ccc(O[C@H]2CCNC2)cc1)c1nc(-c2ccccc2)oc1C(F)(F)F. The van der Waals surface area contributed by atoms with E-state index in [2.05, 4.69) is 15.6 Å². The van der Waals surface area contributed by atoms with Gasteiger partial charge in [0.05, 0.1) is 0 Å². The Morgan fingerprint density at radius 1 is 1.13 bits per heavy atom. The highest BCUT2D eigenvalue weighted by atomic mass is 35.5. The van der Waals surface area contributed by atoms with E-state index in [4.69, 9.17) is 9.15 Å². The van der Waals surface area contributed by atoms with Crippen LogP contribution in [0, 0.1) is 0 Å². The lowest BCUT2D eigenvalue weighted by Crippen LogP contribution is -2.19. The van der Waals surface area contributed by atoms with Crippen molar-refractivity contribution < 1.29 is 27.1 Å². The van der Waals surface area contributed by atoms with Gasteiger partial charge in [0.15, 0.2) is 5.69 Å². The molecule has 2 aromatic carbocycles. The van der Waals surface area contributed by atoms with Gasteiger partial charge in [-0.2, -0.15) is 13.2 Å². The number of rotatable bonds is 5. The van der Waals surface area contributed by atoms with Gasteiger partial charge in [-0.05, 0) is 49.4 Å². The summed E-state index contributed by atoms with van der Waals surface area (Å²) in [6, 6.07) is 14.5. The normalized spacial score (nSPS) is 15.9. The molecule has 1 aromatic heterocycles. The van der Waals surface area contributed by atoms with Crippen LogP contribution >= 0.6 is 12.4 Å². The highest BCUT2D eigenvalue weighted by molar-refractivity contribution is 6.04. The minimum atomic E-state index is -4.86. The molecular weight excluding hydrogens is 435 g/mol. The van der Waals surface area contributed by atoms with Crippen LogP contribution in [0.4, 0.5) is 18.9 Å². The second-order valence-electron chi connectivity index (χ2n) is 6.77. The second kappa shape index (κ2) is 9.40. The number of hydrogen-bond acceptors (Lipinski definition) is 5. The number of halogens is 4. The molecule has 0 unspecified atom stereocenters. The number of anilines is 1. The fraction of sp³-hybridized carbons (Fsp3) is 0.238. The zero-order valence-corrected chi connectivity index (χ0v) is 16.9. The number of amides is 1. The Kier molecular flexibility index (Phi) is 6.87. The van der Waals surface area contributed by atoms with E-state index in [0.29, 0.717) is 17.0 Å². The molecule has 1 aliphatic heterocycles. The number of alkyl halides is 3. The predicted molar refractivity (Wildman–Crippen MR) is 110 cm³/mol. The lowest BCUT2D eigenvalue weighted by Gasteiger charge is -2.13. The van der Waals surface area contributed by atoms with Gasteiger partial charge in [0.25, 0.3) is 5.91 Å². The molecule has 1 amide bonds. The van der Waals surface area contributed by atoms with E-state index in [1.165, 1.54) is 0 Å². The van der Waals surface area contributed by atoms with Crippen LogP contribution in [0.3, 0.4) is 0 Å². The van der Waals surface area contributed by atoms with E-state index in [9.17, 15) is 18.0 Å². The maximum absolute atomic E-state index is 13.4. The molecule has 1 atom stereocenters. The molecule has 0 radical (unpaired) electrons. The standard InChI is InChI=1S/C21H18F3N3O3.ClH/c22-21(23,24)18-17(27-20(30-18)13-4-2-1-3-5-13)19(28)26-14-6-8-15(9-7-14)29-16-10-11-25-12-16;/h1-9,16,25H,10-12H2,(H,26,28);1H/t16-;/m0./s1. The minimum absolute atomic E-state index is 0. The molecule has 2 heterocycles. The molecule has 1 saturated heterocycles. The van der Waals surface area contributed by atoms with Crippen molar-refractivity contribution in [2.45, 2.75) is 18.7 Å². The number of hydrogen-bond donors (Lipinski definition) is 2. The van der Waals surface area contributed by atoms with Crippen molar-refractivity contribution in [3.05, 3.63) is 66.1 Å². The average molecular weight is 454 g/mol. The molecule has 164 valence electrons. The smallest absolute Gasteiger partial charge is 0.452 e. The summed E-state index contributed by atoms with van der Waals surface area (Å²) in [5, 5.41) is 5.62. The van der Waals surface area contributed by atoms with Crippen LogP contribution in [-0.4, -0.2) is 30.1 Å². The van der Waals surface area contributed by atoms with Crippen molar-refractivity contribution in [2.75, 3.05) is 18.4 Å². The average Bonchev–Trinajstić information content (AvgIpc) is 3.40. The quantitative estimate of drug-likeness (QED) is 0.581. The van der Waals surface area contributed by atoms with Crippen molar-refractivity contribution in [1.82, 2.24) is 10.3 Å². The Hall–Kier alpha value is -3.04. The number of aromatic nitrogens is 1. The van der Waals surface area contributed by atoms with Gasteiger partial charge in [0.2, 0.25) is 11.7 Å². The Balaban J connectivity index is 0.00000272. The van der Waals surface area contributed by atoms with E-state index in [-0.39, 0.29) is 24.4 Å². The summed E-state index contributed by atoms with van der Waals surface area (Å²) >= 11 is 0. The zero-order valence-electron chi connectivity index (χ0n) is 16.1. The molecule has 0 aliphatic carbocycles. The number of carbonyl (C=O) groups is 1. The van der Waals surface area contributed by atoms with Crippen molar-refractivity contribution >= 4 is 24.0 Å². The van der Waals surface area contributed by atoms with Gasteiger partial charge >= 0.3 is 6.18 Å². The predicted octanol–water partition coefficient (Wildman–Crippen LogP) is 4.78. The van der Waals surface area contributed by atoms with Crippen molar-refractivity contribution in [2.24, 2.45) is 0 Å². The Morgan fingerprint density at radius 2 is 1.84 bits per heavy atom. The van der Waals surface area contributed by atoms with Crippen LogP contribution in [-0.2, 0) is 6.18 Å². The monoisotopic (exact) mass is 453 g/mol. The molecule has 2 N–H and O–H groups in total. The summed E-state index contributed by atoms with van der Waals surface area (Å²) in [5.74, 6) is -2.11. The van der Waals surface area contributed by atoms with Crippen LogP contribution < -0.4 is 15.4 Å². The van der Waals surface area contributed by atoms with Crippen molar-refractivity contribution in [1.29, 1.82) is 0 Å². The molecule has 4 rings (SSSR count). The van der Waals surface area contributed by atoms with Gasteiger partial charge in [-0.15, -0.1) is 12.4 Å². The summed E-state index contributed by atoms with van der Waals surface area (Å²) < 4.78 is 50.8. The first-order valence-corrected chi connectivity index (χ1v) is 9.32. The van der Waals surface area contributed by atoms with Gasteiger partial charge in [-0.3, -0.25) is 4.79 Å². The van der Waals surface area contributed by atoms with Crippen molar-refractivity contribution in [3.8, 4) is 17.2 Å². The van der Waals surface area contributed by atoms with Gasteiger partial charge in [0.1, 0.15) is 11.9 Å².